The highest BCUT2D eigenvalue weighted by Gasteiger charge is 2.11. The van der Waals surface area contributed by atoms with E-state index in [0.29, 0.717) is 17.1 Å². The van der Waals surface area contributed by atoms with Crippen LogP contribution in [0, 0.1) is 6.92 Å². The first-order chi connectivity index (χ1) is 8.93. The first-order valence-corrected chi connectivity index (χ1v) is 7.19. The zero-order chi connectivity index (χ0) is 14.4. The Morgan fingerprint density at radius 2 is 2.16 bits per heavy atom. The smallest absolute Gasteiger partial charge is 0.261 e. The second-order valence-corrected chi connectivity index (χ2v) is 5.76. The normalized spacial score (nSPS) is 11.9. The molecule has 1 aromatic rings. The van der Waals surface area contributed by atoms with Gasteiger partial charge in [0, 0.05) is 29.6 Å². The van der Waals surface area contributed by atoms with Crippen molar-refractivity contribution < 1.29 is 9.59 Å². The summed E-state index contributed by atoms with van der Waals surface area (Å²) in [5, 5.41) is 5.57. The monoisotopic (exact) mass is 283 g/mol. The lowest BCUT2D eigenvalue weighted by Gasteiger charge is -2.11. The van der Waals surface area contributed by atoms with Gasteiger partial charge in [0.2, 0.25) is 5.91 Å². The largest absolute Gasteiger partial charge is 0.398 e. The highest BCUT2D eigenvalue weighted by molar-refractivity contribution is 7.14. The third kappa shape index (κ3) is 4.90. The Kier molecular flexibility index (Phi) is 5.82. The maximum absolute atomic E-state index is 11.8. The molecule has 0 radical (unpaired) electrons. The van der Waals surface area contributed by atoms with Crippen molar-refractivity contribution in [1.29, 1.82) is 0 Å². The van der Waals surface area contributed by atoms with Gasteiger partial charge in [-0.15, -0.1) is 11.3 Å². The van der Waals surface area contributed by atoms with Crippen LogP contribution in [0.4, 0.5) is 5.69 Å². The minimum atomic E-state index is -0.180. The number of hydrogen-bond acceptors (Lipinski definition) is 4. The lowest BCUT2D eigenvalue weighted by Crippen LogP contribution is -2.35. The highest BCUT2D eigenvalue weighted by atomic mass is 32.1. The number of anilines is 1. The molecule has 0 aliphatic heterocycles. The summed E-state index contributed by atoms with van der Waals surface area (Å²) < 4.78 is 0. The van der Waals surface area contributed by atoms with Gasteiger partial charge >= 0.3 is 0 Å². The van der Waals surface area contributed by atoms with Gasteiger partial charge < -0.3 is 16.4 Å². The van der Waals surface area contributed by atoms with Crippen molar-refractivity contribution >= 4 is 28.8 Å². The summed E-state index contributed by atoms with van der Waals surface area (Å²) in [6, 6.07) is 1.83. The van der Waals surface area contributed by atoms with Gasteiger partial charge in [0.25, 0.3) is 5.91 Å². The molecule has 0 saturated heterocycles. The van der Waals surface area contributed by atoms with Crippen molar-refractivity contribution in [2.75, 3.05) is 12.3 Å². The summed E-state index contributed by atoms with van der Waals surface area (Å²) in [7, 11) is 0. The molecule has 0 aromatic carbocycles. The number of nitrogens with one attached hydrogen (secondary N) is 2. The lowest BCUT2D eigenvalue weighted by atomic mass is 10.2. The van der Waals surface area contributed by atoms with E-state index in [1.807, 2.05) is 20.8 Å². The predicted molar refractivity (Wildman–Crippen MR) is 78.3 cm³/mol. The van der Waals surface area contributed by atoms with E-state index in [9.17, 15) is 9.59 Å². The number of rotatable bonds is 6. The van der Waals surface area contributed by atoms with Crippen molar-refractivity contribution in [1.82, 2.24) is 10.6 Å². The minimum Gasteiger partial charge on any atom is -0.398 e. The topological polar surface area (TPSA) is 84.2 Å². The molecule has 0 bridgehead atoms. The molecule has 19 heavy (non-hydrogen) atoms. The summed E-state index contributed by atoms with van der Waals surface area (Å²) >= 11 is 1.36. The number of nitrogens with two attached hydrogens (primary N) is 1. The quantitative estimate of drug-likeness (QED) is 0.742. The number of carbonyl (C=O) groups is 2. The van der Waals surface area contributed by atoms with Crippen LogP contribution < -0.4 is 16.4 Å². The molecule has 0 aliphatic carbocycles. The van der Waals surface area contributed by atoms with E-state index < -0.39 is 0 Å². The lowest BCUT2D eigenvalue weighted by molar-refractivity contribution is -0.121. The summed E-state index contributed by atoms with van der Waals surface area (Å²) in [4.78, 5) is 24.8. The molecule has 1 rings (SSSR count). The van der Waals surface area contributed by atoms with Crippen LogP contribution in [0.25, 0.3) is 0 Å². The summed E-state index contributed by atoms with van der Waals surface area (Å²) in [6.07, 6.45) is 1.18. The molecule has 1 atom stereocenters. The first-order valence-electron chi connectivity index (χ1n) is 6.37. The van der Waals surface area contributed by atoms with E-state index in [1.54, 1.807) is 6.07 Å². The highest BCUT2D eigenvalue weighted by Crippen LogP contribution is 2.22. The van der Waals surface area contributed by atoms with Gasteiger partial charge in [0.1, 0.15) is 0 Å². The Balaban J connectivity index is 2.33. The minimum absolute atomic E-state index is 0.0449. The van der Waals surface area contributed by atoms with Crippen LogP contribution in [0.3, 0.4) is 0 Å². The Hall–Kier alpha value is -1.56. The molecule has 106 valence electrons. The number of hydrogen-bond donors (Lipinski definition) is 3. The summed E-state index contributed by atoms with van der Waals surface area (Å²) in [6.45, 7) is 6.16. The number of carbonyl (C=O) groups excluding carboxylic acids is 2. The van der Waals surface area contributed by atoms with E-state index in [2.05, 4.69) is 10.6 Å². The fraction of sp³-hybridized carbons (Fsp3) is 0.538. The van der Waals surface area contributed by atoms with Crippen molar-refractivity contribution in [3.05, 3.63) is 15.8 Å². The van der Waals surface area contributed by atoms with Crippen LogP contribution in [-0.4, -0.2) is 24.4 Å². The predicted octanol–water partition coefficient (Wildman–Crippen LogP) is 1.67. The summed E-state index contributed by atoms with van der Waals surface area (Å²) in [5.74, 6) is -0.224. The van der Waals surface area contributed by atoms with Crippen molar-refractivity contribution in [3.63, 3.8) is 0 Å². The van der Waals surface area contributed by atoms with Gasteiger partial charge in [-0.2, -0.15) is 0 Å². The number of thiophene rings is 1. The maximum atomic E-state index is 11.8. The third-order valence-corrected chi connectivity index (χ3v) is 3.90. The molecule has 0 aliphatic rings. The third-order valence-electron chi connectivity index (χ3n) is 2.84. The van der Waals surface area contributed by atoms with Crippen molar-refractivity contribution in [3.8, 4) is 0 Å². The van der Waals surface area contributed by atoms with Crippen LogP contribution >= 0.6 is 11.3 Å². The Bertz CT molecular complexity index is 437. The Morgan fingerprint density at radius 3 is 2.68 bits per heavy atom. The van der Waals surface area contributed by atoms with Crippen LogP contribution in [0.1, 0.15) is 41.2 Å². The van der Waals surface area contributed by atoms with Gasteiger partial charge in [0.05, 0.1) is 4.88 Å². The van der Waals surface area contributed by atoms with Gasteiger partial charge in [-0.25, -0.2) is 0 Å². The molecule has 0 fully saturated rings. The Morgan fingerprint density at radius 1 is 1.47 bits per heavy atom. The van der Waals surface area contributed by atoms with Crippen molar-refractivity contribution in [2.45, 2.75) is 39.7 Å². The molecule has 2 amide bonds. The molecule has 1 unspecified atom stereocenters. The van der Waals surface area contributed by atoms with Crippen LogP contribution in [0.5, 0.6) is 0 Å². The van der Waals surface area contributed by atoms with E-state index in [0.717, 1.165) is 11.3 Å². The molecular weight excluding hydrogens is 262 g/mol. The van der Waals surface area contributed by atoms with Crippen LogP contribution in [0.15, 0.2) is 6.07 Å². The average molecular weight is 283 g/mol. The van der Waals surface area contributed by atoms with Gasteiger partial charge in [-0.05, 0) is 26.3 Å². The molecule has 0 spiro atoms. The maximum Gasteiger partial charge on any atom is 0.261 e. The molecule has 6 heteroatoms. The summed E-state index contributed by atoms with van der Waals surface area (Å²) in [5.41, 5.74) is 6.32. The molecular formula is C13H21N3O2S. The molecule has 0 saturated carbocycles. The number of amides is 2. The fourth-order valence-corrected chi connectivity index (χ4v) is 2.29. The second-order valence-electron chi connectivity index (χ2n) is 4.50. The first kappa shape index (κ1) is 15.5. The zero-order valence-electron chi connectivity index (χ0n) is 11.6. The molecule has 1 aromatic heterocycles. The molecule has 4 N–H and O–H groups in total. The standard InChI is InChI=1S/C13H21N3O2S/c1-4-8(2)16-12(17)5-6-15-13(18)11-7-10(14)9(3)19-11/h7-8H,4-6,14H2,1-3H3,(H,15,18)(H,16,17). The van der Waals surface area contributed by atoms with Gasteiger partial charge in [-0.3, -0.25) is 9.59 Å². The van der Waals surface area contributed by atoms with Gasteiger partial charge in [0.15, 0.2) is 0 Å². The average Bonchev–Trinajstić information content (AvgIpc) is 2.69. The van der Waals surface area contributed by atoms with E-state index in [-0.39, 0.29) is 24.3 Å². The van der Waals surface area contributed by atoms with Crippen LogP contribution in [-0.2, 0) is 4.79 Å². The van der Waals surface area contributed by atoms with Gasteiger partial charge in [-0.1, -0.05) is 6.92 Å². The van der Waals surface area contributed by atoms with Crippen LogP contribution in [0.2, 0.25) is 0 Å². The SMILES string of the molecule is CCC(C)NC(=O)CCNC(=O)c1cc(N)c(C)s1. The molecule has 5 nitrogen and oxygen atoms in total. The fourth-order valence-electron chi connectivity index (χ4n) is 1.43. The molecule has 1 heterocycles. The second kappa shape index (κ2) is 7.13. The zero-order valence-corrected chi connectivity index (χ0v) is 12.4. The van der Waals surface area contributed by atoms with Crippen molar-refractivity contribution in [2.24, 2.45) is 0 Å². The number of nitrogen functional groups attached to an aromatic ring is 1. The van der Waals surface area contributed by atoms with E-state index in [4.69, 9.17) is 5.73 Å². The Labute approximate surface area is 117 Å². The number of aryl methyl sites for hydroxylation is 1. The van der Waals surface area contributed by atoms with E-state index in [1.165, 1.54) is 11.3 Å². The van der Waals surface area contributed by atoms with E-state index >= 15 is 0 Å².